The zero-order chi connectivity index (χ0) is 15.4. The largest absolute Gasteiger partial charge is 0.348 e. The number of imidazole rings is 1. The Morgan fingerprint density at radius 3 is 2.68 bits per heavy atom. The number of rotatable bonds is 5. The molecule has 1 aromatic carbocycles. The summed E-state index contributed by atoms with van der Waals surface area (Å²) in [5.41, 5.74) is 1.56. The van der Waals surface area contributed by atoms with Gasteiger partial charge in [-0.15, -0.1) is 0 Å². The fourth-order valence-corrected chi connectivity index (χ4v) is 2.25. The summed E-state index contributed by atoms with van der Waals surface area (Å²) in [6.07, 6.45) is 8.92. The maximum Gasteiger partial charge on any atom is 0.251 e. The van der Waals surface area contributed by atoms with E-state index in [0.717, 1.165) is 5.69 Å². The highest BCUT2D eigenvalue weighted by Crippen LogP contribution is 2.09. The van der Waals surface area contributed by atoms with Crippen molar-refractivity contribution in [2.24, 2.45) is 0 Å². The first-order valence-electron chi connectivity index (χ1n) is 7.09. The maximum atomic E-state index is 12.2. The fourth-order valence-electron chi connectivity index (χ4n) is 2.25. The minimum atomic E-state index is -0.0837. The van der Waals surface area contributed by atoms with Gasteiger partial charge in [0.1, 0.15) is 0 Å². The van der Waals surface area contributed by atoms with E-state index in [9.17, 15) is 4.79 Å². The molecule has 0 radical (unpaired) electrons. The number of carbonyl (C=O) groups is 1. The third kappa shape index (κ3) is 3.22. The van der Waals surface area contributed by atoms with Crippen LogP contribution in [0.15, 0.2) is 61.4 Å². The number of benzene rings is 1. The minimum Gasteiger partial charge on any atom is -0.348 e. The van der Waals surface area contributed by atoms with E-state index >= 15 is 0 Å². The Balaban J connectivity index is 1.62. The van der Waals surface area contributed by atoms with Crippen LogP contribution in [0.2, 0.25) is 0 Å². The molecule has 6 nitrogen and oxygen atoms in total. The molecule has 22 heavy (non-hydrogen) atoms. The van der Waals surface area contributed by atoms with Crippen LogP contribution in [0, 0.1) is 0 Å². The first kappa shape index (κ1) is 14.1. The first-order chi connectivity index (χ1) is 10.7. The molecule has 6 heteroatoms. The van der Waals surface area contributed by atoms with Gasteiger partial charge in [0.2, 0.25) is 0 Å². The maximum absolute atomic E-state index is 12.2. The van der Waals surface area contributed by atoms with Gasteiger partial charge >= 0.3 is 0 Å². The Morgan fingerprint density at radius 1 is 1.23 bits per heavy atom. The molecule has 0 aliphatic heterocycles. The standard InChI is InChI=1S/C16H17N5O/c1-13(11-20-10-8-17-12-20)19-16(22)14-3-5-15(6-4-14)21-9-2-7-18-21/h2-10,12-13H,11H2,1H3,(H,19,22). The van der Waals surface area contributed by atoms with E-state index in [1.165, 1.54) is 0 Å². The predicted octanol–water partition coefficient (Wildman–Crippen LogP) is 1.89. The fraction of sp³-hybridized carbons (Fsp3) is 0.188. The van der Waals surface area contributed by atoms with Crippen molar-refractivity contribution in [3.63, 3.8) is 0 Å². The normalized spacial score (nSPS) is 12.0. The van der Waals surface area contributed by atoms with E-state index in [4.69, 9.17) is 0 Å². The molecule has 2 aromatic heterocycles. The highest BCUT2D eigenvalue weighted by molar-refractivity contribution is 5.94. The van der Waals surface area contributed by atoms with Crippen molar-refractivity contribution in [3.8, 4) is 5.69 Å². The summed E-state index contributed by atoms with van der Waals surface area (Å²) >= 11 is 0. The number of aromatic nitrogens is 4. The third-order valence-electron chi connectivity index (χ3n) is 3.32. The van der Waals surface area contributed by atoms with Crippen LogP contribution in [-0.2, 0) is 6.54 Å². The van der Waals surface area contributed by atoms with Crippen LogP contribution < -0.4 is 5.32 Å². The lowest BCUT2D eigenvalue weighted by Gasteiger charge is -2.14. The second-order valence-electron chi connectivity index (χ2n) is 5.13. The van der Waals surface area contributed by atoms with Gasteiger partial charge in [0.25, 0.3) is 5.91 Å². The zero-order valence-electron chi connectivity index (χ0n) is 12.3. The van der Waals surface area contributed by atoms with Crippen LogP contribution in [0.4, 0.5) is 0 Å². The van der Waals surface area contributed by atoms with Crippen molar-refractivity contribution >= 4 is 5.91 Å². The highest BCUT2D eigenvalue weighted by atomic mass is 16.1. The van der Waals surface area contributed by atoms with Crippen LogP contribution in [0.1, 0.15) is 17.3 Å². The van der Waals surface area contributed by atoms with Crippen LogP contribution >= 0.6 is 0 Å². The smallest absolute Gasteiger partial charge is 0.251 e. The van der Waals surface area contributed by atoms with Gasteiger partial charge in [0.15, 0.2) is 0 Å². The quantitative estimate of drug-likeness (QED) is 0.781. The molecule has 3 aromatic rings. The van der Waals surface area contributed by atoms with E-state index in [1.54, 1.807) is 35.5 Å². The minimum absolute atomic E-state index is 0.0208. The number of amides is 1. The molecule has 1 unspecified atom stereocenters. The lowest BCUT2D eigenvalue weighted by Crippen LogP contribution is -2.35. The summed E-state index contributed by atoms with van der Waals surface area (Å²) in [5.74, 6) is -0.0837. The van der Waals surface area contributed by atoms with Crippen molar-refractivity contribution in [3.05, 3.63) is 67.0 Å². The van der Waals surface area contributed by atoms with Crippen molar-refractivity contribution < 1.29 is 4.79 Å². The van der Waals surface area contributed by atoms with E-state index in [0.29, 0.717) is 12.1 Å². The van der Waals surface area contributed by atoms with Crippen molar-refractivity contribution in [1.29, 1.82) is 0 Å². The van der Waals surface area contributed by atoms with Crippen molar-refractivity contribution in [2.45, 2.75) is 19.5 Å². The van der Waals surface area contributed by atoms with Gasteiger partial charge in [-0.25, -0.2) is 9.67 Å². The molecule has 1 atom stereocenters. The molecular formula is C16H17N5O. The summed E-state index contributed by atoms with van der Waals surface area (Å²) in [5, 5.41) is 7.14. The Bertz CT molecular complexity index is 717. The van der Waals surface area contributed by atoms with Crippen molar-refractivity contribution in [2.75, 3.05) is 0 Å². The van der Waals surface area contributed by atoms with E-state index < -0.39 is 0 Å². The molecule has 3 rings (SSSR count). The van der Waals surface area contributed by atoms with Crippen LogP contribution in [-0.4, -0.2) is 31.3 Å². The number of nitrogens with one attached hydrogen (secondary N) is 1. The van der Waals surface area contributed by atoms with Gasteiger partial charge < -0.3 is 9.88 Å². The Kier molecular flexibility index (Phi) is 4.00. The van der Waals surface area contributed by atoms with Crippen LogP contribution in [0.3, 0.4) is 0 Å². The highest BCUT2D eigenvalue weighted by Gasteiger charge is 2.10. The lowest BCUT2D eigenvalue weighted by molar-refractivity contribution is 0.0936. The number of carbonyl (C=O) groups excluding carboxylic acids is 1. The molecule has 0 bridgehead atoms. The molecule has 1 amide bonds. The van der Waals surface area contributed by atoms with Gasteiger partial charge in [-0.3, -0.25) is 4.79 Å². The molecule has 1 N–H and O–H groups in total. The number of hydrogen-bond donors (Lipinski definition) is 1. The van der Waals surface area contributed by atoms with Gasteiger partial charge in [-0.2, -0.15) is 5.10 Å². The average Bonchev–Trinajstić information content (AvgIpc) is 3.20. The molecule has 0 spiro atoms. The summed E-state index contributed by atoms with van der Waals surface area (Å²) in [6.45, 7) is 2.66. The Morgan fingerprint density at radius 2 is 2.05 bits per heavy atom. The number of hydrogen-bond acceptors (Lipinski definition) is 3. The van der Waals surface area contributed by atoms with Gasteiger partial charge in [0.05, 0.1) is 12.0 Å². The molecule has 0 aliphatic carbocycles. The predicted molar refractivity (Wildman–Crippen MR) is 82.7 cm³/mol. The van der Waals surface area contributed by atoms with Crippen molar-refractivity contribution in [1.82, 2.24) is 24.6 Å². The lowest BCUT2D eigenvalue weighted by atomic mass is 10.2. The Hall–Kier alpha value is -2.89. The summed E-state index contributed by atoms with van der Waals surface area (Å²) < 4.78 is 3.69. The third-order valence-corrected chi connectivity index (χ3v) is 3.32. The van der Waals surface area contributed by atoms with E-state index in [2.05, 4.69) is 15.4 Å². The van der Waals surface area contributed by atoms with E-state index in [1.807, 2.05) is 42.1 Å². The Labute approximate surface area is 128 Å². The molecule has 0 fully saturated rings. The molecule has 2 heterocycles. The van der Waals surface area contributed by atoms with Crippen LogP contribution in [0.5, 0.6) is 0 Å². The second-order valence-corrected chi connectivity index (χ2v) is 5.13. The van der Waals surface area contributed by atoms with E-state index in [-0.39, 0.29) is 11.9 Å². The van der Waals surface area contributed by atoms with Crippen LogP contribution in [0.25, 0.3) is 5.69 Å². The molecule has 112 valence electrons. The molecule has 0 aliphatic rings. The topological polar surface area (TPSA) is 64.7 Å². The molecule has 0 saturated heterocycles. The SMILES string of the molecule is CC(Cn1ccnc1)NC(=O)c1ccc(-n2cccn2)cc1. The summed E-state index contributed by atoms with van der Waals surface area (Å²) in [7, 11) is 0. The first-order valence-corrected chi connectivity index (χ1v) is 7.09. The summed E-state index contributed by atoms with van der Waals surface area (Å²) in [6, 6.07) is 9.24. The molecular weight excluding hydrogens is 278 g/mol. The van der Waals surface area contributed by atoms with Gasteiger partial charge in [-0.1, -0.05) is 0 Å². The summed E-state index contributed by atoms with van der Waals surface area (Å²) in [4.78, 5) is 16.2. The number of nitrogens with zero attached hydrogens (tertiary/aromatic N) is 4. The molecule has 0 saturated carbocycles. The van der Waals surface area contributed by atoms with Gasteiger partial charge in [-0.05, 0) is 37.3 Å². The second kappa shape index (κ2) is 6.26. The average molecular weight is 295 g/mol. The zero-order valence-corrected chi connectivity index (χ0v) is 12.3. The van der Waals surface area contributed by atoms with Gasteiger partial charge in [0, 0.05) is 42.9 Å². The monoisotopic (exact) mass is 295 g/mol.